The van der Waals surface area contributed by atoms with Gasteiger partial charge in [0.1, 0.15) is 5.82 Å². The largest absolute Gasteiger partial charge is 0.294 e. The summed E-state index contributed by atoms with van der Waals surface area (Å²) in [6, 6.07) is 6.93. The van der Waals surface area contributed by atoms with Gasteiger partial charge in [-0.1, -0.05) is 19.1 Å². The first-order valence-electron chi connectivity index (χ1n) is 6.55. The van der Waals surface area contributed by atoms with E-state index in [1.807, 2.05) is 0 Å². The summed E-state index contributed by atoms with van der Waals surface area (Å²) in [6.45, 7) is 1.66. The number of halogens is 3. The summed E-state index contributed by atoms with van der Waals surface area (Å²) in [5, 5.41) is 0. The Balaban J connectivity index is 2.42. The lowest BCUT2D eigenvalue weighted by Gasteiger charge is -2.11. The highest BCUT2D eigenvalue weighted by atomic mass is 79.9. The molecule has 0 radical (unpaired) electrons. The van der Waals surface area contributed by atoms with Crippen LogP contribution in [0.25, 0.3) is 0 Å². The molecule has 0 spiro atoms. The van der Waals surface area contributed by atoms with Crippen LogP contribution in [0, 0.1) is 11.6 Å². The molecule has 0 unspecified atom stereocenters. The van der Waals surface area contributed by atoms with Gasteiger partial charge in [0, 0.05) is 22.5 Å². The summed E-state index contributed by atoms with van der Waals surface area (Å²) in [5.74, 6) is -2.11. The van der Waals surface area contributed by atoms with Gasteiger partial charge in [-0.05, 0) is 34.1 Å². The van der Waals surface area contributed by atoms with E-state index in [-0.39, 0.29) is 27.1 Å². The van der Waals surface area contributed by atoms with E-state index in [0.717, 1.165) is 6.07 Å². The van der Waals surface area contributed by atoms with E-state index in [2.05, 4.69) is 20.7 Å². The Hall–Kier alpha value is -1.80. The smallest absolute Gasteiger partial charge is 0.262 e. The van der Waals surface area contributed by atoms with Crippen molar-refractivity contribution in [3.05, 3.63) is 58.1 Å². The van der Waals surface area contributed by atoms with Gasteiger partial charge in [0.05, 0.1) is 10.6 Å². The van der Waals surface area contributed by atoms with Crippen molar-refractivity contribution < 1.29 is 22.0 Å². The fourth-order valence-corrected chi connectivity index (χ4v) is 3.65. The van der Waals surface area contributed by atoms with Gasteiger partial charge in [-0.2, -0.15) is 0 Å². The first-order valence-corrected chi connectivity index (χ1v) is 8.83. The molecule has 2 aromatic rings. The zero-order chi connectivity index (χ0) is 17.2. The molecule has 0 heterocycles. The Morgan fingerprint density at radius 2 is 1.91 bits per heavy atom. The van der Waals surface area contributed by atoms with E-state index in [9.17, 15) is 22.0 Å². The van der Waals surface area contributed by atoms with Crippen LogP contribution in [-0.2, 0) is 10.0 Å². The molecule has 4 nitrogen and oxygen atoms in total. The number of benzene rings is 2. The zero-order valence-electron chi connectivity index (χ0n) is 11.9. The number of carbonyl (C=O) groups is 1. The second kappa shape index (κ2) is 6.76. The Bertz CT molecular complexity index is 846. The van der Waals surface area contributed by atoms with Crippen molar-refractivity contribution in [2.24, 2.45) is 0 Å². The highest BCUT2D eigenvalue weighted by Crippen LogP contribution is 2.29. The number of hydrogen-bond donors (Lipinski definition) is 1. The van der Waals surface area contributed by atoms with Gasteiger partial charge in [0.2, 0.25) is 0 Å². The van der Waals surface area contributed by atoms with Gasteiger partial charge in [-0.25, -0.2) is 17.2 Å². The Morgan fingerprint density at radius 1 is 1.22 bits per heavy atom. The minimum absolute atomic E-state index is 0.0700. The van der Waals surface area contributed by atoms with E-state index in [1.165, 1.54) is 24.3 Å². The van der Waals surface area contributed by atoms with Crippen LogP contribution in [0.3, 0.4) is 0 Å². The summed E-state index contributed by atoms with van der Waals surface area (Å²) < 4.78 is 53.5. The molecule has 0 saturated heterocycles. The molecule has 1 N–H and O–H groups in total. The van der Waals surface area contributed by atoms with Crippen molar-refractivity contribution in [3.63, 3.8) is 0 Å². The van der Waals surface area contributed by atoms with E-state index < -0.39 is 27.3 Å². The van der Waals surface area contributed by atoms with Crippen molar-refractivity contribution in [1.29, 1.82) is 0 Å². The molecule has 0 aliphatic heterocycles. The molecule has 0 aromatic heterocycles. The normalized spacial score (nSPS) is 11.3. The van der Waals surface area contributed by atoms with Crippen LogP contribution in [0.15, 0.2) is 45.8 Å². The van der Waals surface area contributed by atoms with Crippen molar-refractivity contribution >= 4 is 37.4 Å². The van der Waals surface area contributed by atoms with Crippen LogP contribution < -0.4 is 4.72 Å². The molecule has 122 valence electrons. The van der Waals surface area contributed by atoms with Crippen LogP contribution in [0.4, 0.5) is 14.5 Å². The number of Topliss-reactive ketones (excluding diaryl/α,β-unsaturated/α-hetero) is 1. The second-order valence-corrected chi connectivity index (χ2v) is 7.19. The van der Waals surface area contributed by atoms with Crippen molar-refractivity contribution in [1.82, 2.24) is 0 Å². The third kappa shape index (κ3) is 3.94. The molecular weight excluding hydrogens is 392 g/mol. The fraction of sp³-hybridized carbons (Fsp3) is 0.133. The van der Waals surface area contributed by atoms with Crippen LogP contribution >= 0.6 is 15.9 Å². The lowest BCUT2D eigenvalue weighted by Crippen LogP contribution is -2.15. The third-order valence-electron chi connectivity index (χ3n) is 3.03. The lowest BCUT2D eigenvalue weighted by molar-refractivity contribution is 0.0988. The Morgan fingerprint density at radius 3 is 2.52 bits per heavy atom. The predicted molar refractivity (Wildman–Crippen MR) is 85.9 cm³/mol. The monoisotopic (exact) mass is 403 g/mol. The number of ketones is 1. The average Bonchev–Trinajstić information content (AvgIpc) is 2.50. The highest BCUT2D eigenvalue weighted by molar-refractivity contribution is 9.10. The quantitative estimate of drug-likeness (QED) is 0.763. The van der Waals surface area contributed by atoms with E-state index >= 15 is 0 Å². The second-order valence-electron chi connectivity index (χ2n) is 4.65. The summed E-state index contributed by atoms with van der Waals surface area (Å²) >= 11 is 2.91. The fourth-order valence-electron chi connectivity index (χ4n) is 1.87. The standard InChI is InChI=1S/C15H12BrF2NO3S/c1-2-14(20)9-4-3-5-11(6-9)23(21,22)19-15-12(16)7-10(17)8-13(15)18/h3-8,19H,2H2,1H3. The number of sulfonamides is 1. The average molecular weight is 404 g/mol. The molecule has 0 atom stereocenters. The van der Waals surface area contributed by atoms with Gasteiger partial charge in [0.15, 0.2) is 11.6 Å². The molecule has 0 amide bonds. The lowest BCUT2D eigenvalue weighted by atomic mass is 10.1. The van der Waals surface area contributed by atoms with E-state index in [4.69, 9.17) is 0 Å². The maximum absolute atomic E-state index is 13.8. The van der Waals surface area contributed by atoms with Crippen LogP contribution in [-0.4, -0.2) is 14.2 Å². The molecule has 0 bridgehead atoms. The minimum Gasteiger partial charge on any atom is -0.294 e. The Kier molecular flexibility index (Phi) is 5.16. The topological polar surface area (TPSA) is 63.2 Å². The van der Waals surface area contributed by atoms with Crippen LogP contribution in [0.1, 0.15) is 23.7 Å². The number of rotatable bonds is 5. The molecule has 0 aliphatic rings. The van der Waals surface area contributed by atoms with Crippen molar-refractivity contribution in [3.8, 4) is 0 Å². The SMILES string of the molecule is CCC(=O)c1cccc(S(=O)(=O)Nc2c(F)cc(F)cc2Br)c1. The minimum atomic E-state index is -4.13. The predicted octanol–water partition coefficient (Wildman–Crippen LogP) is 4.12. The highest BCUT2D eigenvalue weighted by Gasteiger charge is 2.20. The summed E-state index contributed by atoms with van der Waals surface area (Å²) in [6.07, 6.45) is 0.231. The van der Waals surface area contributed by atoms with Crippen LogP contribution in [0.2, 0.25) is 0 Å². The zero-order valence-corrected chi connectivity index (χ0v) is 14.3. The number of anilines is 1. The molecule has 2 aromatic carbocycles. The molecular formula is C15H12BrF2NO3S. The van der Waals surface area contributed by atoms with Crippen LogP contribution in [0.5, 0.6) is 0 Å². The maximum atomic E-state index is 13.8. The first kappa shape index (κ1) is 17.6. The molecule has 0 saturated carbocycles. The molecule has 8 heteroatoms. The van der Waals surface area contributed by atoms with Gasteiger partial charge < -0.3 is 0 Å². The van der Waals surface area contributed by atoms with Gasteiger partial charge in [-0.15, -0.1) is 0 Å². The molecule has 0 aliphatic carbocycles. The molecule has 0 fully saturated rings. The summed E-state index contributed by atoms with van der Waals surface area (Å²) in [7, 11) is -4.13. The van der Waals surface area contributed by atoms with Crippen molar-refractivity contribution in [2.75, 3.05) is 4.72 Å². The van der Waals surface area contributed by atoms with E-state index in [1.54, 1.807) is 6.92 Å². The third-order valence-corrected chi connectivity index (χ3v) is 5.00. The van der Waals surface area contributed by atoms with E-state index in [0.29, 0.717) is 6.07 Å². The maximum Gasteiger partial charge on any atom is 0.262 e. The van der Waals surface area contributed by atoms with Crippen molar-refractivity contribution in [2.45, 2.75) is 18.2 Å². The molecule has 23 heavy (non-hydrogen) atoms. The molecule has 2 rings (SSSR count). The number of hydrogen-bond acceptors (Lipinski definition) is 3. The summed E-state index contributed by atoms with van der Waals surface area (Å²) in [4.78, 5) is 11.5. The number of carbonyl (C=O) groups excluding carboxylic acids is 1. The van der Waals surface area contributed by atoms with Gasteiger partial charge in [-0.3, -0.25) is 9.52 Å². The Labute approximate surface area is 140 Å². The number of nitrogens with one attached hydrogen (secondary N) is 1. The summed E-state index contributed by atoms with van der Waals surface area (Å²) in [5.41, 5.74) is -0.160. The first-order chi connectivity index (χ1) is 10.7. The van der Waals surface area contributed by atoms with Gasteiger partial charge in [0.25, 0.3) is 10.0 Å². The van der Waals surface area contributed by atoms with Gasteiger partial charge >= 0.3 is 0 Å².